The monoisotopic (exact) mass is 433 g/mol. The number of hydrogen-bond acceptors (Lipinski definition) is 7. The lowest BCUT2D eigenvalue weighted by Crippen LogP contribution is -2.49. The van der Waals surface area contributed by atoms with Gasteiger partial charge in [-0.25, -0.2) is 13.4 Å². The van der Waals surface area contributed by atoms with Crippen molar-refractivity contribution in [3.05, 3.63) is 52.6 Å². The number of carbonyl (C=O) groups excluding carboxylic acids is 1. The number of piperazine rings is 1. The fraction of sp³-hybridized carbons (Fsp3) is 0.421. The van der Waals surface area contributed by atoms with Crippen molar-refractivity contribution in [3.63, 3.8) is 0 Å². The maximum atomic E-state index is 12.7. The van der Waals surface area contributed by atoms with E-state index in [1.54, 1.807) is 23.1 Å². The van der Waals surface area contributed by atoms with E-state index in [1.807, 2.05) is 4.90 Å². The molecule has 11 heteroatoms. The predicted molar refractivity (Wildman–Crippen MR) is 109 cm³/mol. The zero-order valence-electron chi connectivity index (χ0n) is 16.4. The number of hydrogen-bond donors (Lipinski definition) is 1. The number of H-pyrrole nitrogens is 1. The SMILES string of the molecule is O=C(c1ccc[nH]c1=O)N1CCN(c2ccc(S(=O)(=O)N3CCOCC3)cn2)CC1. The van der Waals surface area contributed by atoms with E-state index in [-0.39, 0.29) is 16.4 Å². The number of anilines is 1. The van der Waals surface area contributed by atoms with Crippen molar-refractivity contribution >= 4 is 21.7 Å². The highest BCUT2D eigenvalue weighted by atomic mass is 32.2. The molecule has 4 heterocycles. The number of aromatic amines is 1. The molecule has 0 saturated carbocycles. The fourth-order valence-corrected chi connectivity index (χ4v) is 4.90. The number of sulfonamides is 1. The molecule has 2 fully saturated rings. The van der Waals surface area contributed by atoms with Crippen molar-refractivity contribution < 1.29 is 17.9 Å². The molecule has 0 aliphatic carbocycles. The first-order valence-corrected chi connectivity index (χ1v) is 11.2. The average Bonchev–Trinajstić information content (AvgIpc) is 2.80. The van der Waals surface area contributed by atoms with Crippen LogP contribution < -0.4 is 10.5 Å². The third kappa shape index (κ3) is 4.09. The summed E-state index contributed by atoms with van der Waals surface area (Å²) >= 11 is 0. The molecule has 0 aromatic carbocycles. The minimum atomic E-state index is -3.58. The number of pyridine rings is 2. The predicted octanol–water partition coefficient (Wildman–Crippen LogP) is -0.247. The summed E-state index contributed by atoms with van der Waals surface area (Å²) in [6.45, 7) is 3.43. The van der Waals surface area contributed by atoms with Gasteiger partial charge in [0.2, 0.25) is 10.0 Å². The number of ether oxygens (including phenoxy) is 1. The third-order valence-corrected chi connectivity index (χ3v) is 7.15. The molecule has 2 aliphatic heterocycles. The highest BCUT2D eigenvalue weighted by Crippen LogP contribution is 2.20. The van der Waals surface area contributed by atoms with Crippen molar-refractivity contribution in [3.8, 4) is 0 Å². The van der Waals surface area contributed by atoms with Gasteiger partial charge in [-0.15, -0.1) is 0 Å². The zero-order chi connectivity index (χ0) is 21.1. The van der Waals surface area contributed by atoms with Crippen LogP contribution in [0.4, 0.5) is 5.82 Å². The molecule has 4 rings (SSSR count). The van der Waals surface area contributed by atoms with E-state index in [0.29, 0.717) is 58.3 Å². The molecule has 2 aromatic heterocycles. The molecule has 0 spiro atoms. The number of morpholine rings is 1. The van der Waals surface area contributed by atoms with Crippen molar-refractivity contribution in [1.82, 2.24) is 19.2 Å². The second-order valence-corrected chi connectivity index (χ2v) is 9.00. The van der Waals surface area contributed by atoms with Crippen molar-refractivity contribution in [2.75, 3.05) is 57.4 Å². The van der Waals surface area contributed by atoms with Gasteiger partial charge in [0.25, 0.3) is 11.5 Å². The number of rotatable bonds is 4. The van der Waals surface area contributed by atoms with E-state index < -0.39 is 15.6 Å². The molecule has 10 nitrogen and oxygen atoms in total. The smallest absolute Gasteiger partial charge is 0.260 e. The summed E-state index contributed by atoms with van der Waals surface area (Å²) in [5.74, 6) is 0.358. The van der Waals surface area contributed by atoms with Gasteiger partial charge in [-0.3, -0.25) is 9.59 Å². The summed E-state index contributed by atoms with van der Waals surface area (Å²) in [7, 11) is -3.58. The first-order chi connectivity index (χ1) is 14.5. The van der Waals surface area contributed by atoms with Gasteiger partial charge in [0, 0.05) is 51.7 Å². The molecule has 1 N–H and O–H groups in total. The molecule has 0 bridgehead atoms. The Kier molecular flexibility index (Phi) is 5.84. The number of aromatic nitrogens is 2. The minimum absolute atomic E-state index is 0.127. The standard InChI is InChI=1S/C19H23N5O5S/c25-18-16(2-1-5-20-18)19(26)23-8-6-22(7-9-23)17-4-3-15(14-21-17)30(27,28)24-10-12-29-13-11-24/h1-5,14H,6-13H2,(H,20,25). The minimum Gasteiger partial charge on any atom is -0.379 e. The van der Waals surface area contributed by atoms with E-state index in [1.165, 1.54) is 22.8 Å². The van der Waals surface area contributed by atoms with Crippen molar-refractivity contribution in [1.29, 1.82) is 0 Å². The summed E-state index contributed by atoms with van der Waals surface area (Å²) in [6.07, 6.45) is 2.87. The third-order valence-electron chi connectivity index (χ3n) is 5.27. The highest BCUT2D eigenvalue weighted by molar-refractivity contribution is 7.89. The van der Waals surface area contributed by atoms with Gasteiger partial charge in [-0.05, 0) is 24.3 Å². The molecule has 160 valence electrons. The molecule has 0 unspecified atom stereocenters. The molecule has 0 radical (unpaired) electrons. The maximum Gasteiger partial charge on any atom is 0.260 e. The van der Waals surface area contributed by atoms with Gasteiger partial charge in [-0.2, -0.15) is 4.31 Å². The first-order valence-electron chi connectivity index (χ1n) is 9.73. The molecule has 2 aromatic rings. The molecular formula is C19H23N5O5S. The van der Waals surface area contributed by atoms with Crippen LogP contribution >= 0.6 is 0 Å². The summed E-state index contributed by atoms with van der Waals surface area (Å²) in [6, 6.07) is 6.39. The van der Waals surface area contributed by atoms with Crippen LogP contribution in [0.5, 0.6) is 0 Å². The van der Waals surface area contributed by atoms with Crippen molar-refractivity contribution in [2.45, 2.75) is 4.90 Å². The van der Waals surface area contributed by atoms with Gasteiger partial charge >= 0.3 is 0 Å². The van der Waals surface area contributed by atoms with Crippen LogP contribution in [0, 0.1) is 0 Å². The van der Waals surface area contributed by atoms with Gasteiger partial charge in [0.1, 0.15) is 16.3 Å². The van der Waals surface area contributed by atoms with Crippen LogP contribution in [-0.4, -0.2) is 86.0 Å². The van der Waals surface area contributed by atoms with Gasteiger partial charge in [-0.1, -0.05) is 0 Å². The Morgan fingerprint density at radius 2 is 1.77 bits per heavy atom. The molecule has 2 saturated heterocycles. The van der Waals surface area contributed by atoms with E-state index in [0.717, 1.165) is 0 Å². The number of amides is 1. The highest BCUT2D eigenvalue weighted by Gasteiger charge is 2.28. The molecule has 0 atom stereocenters. The van der Waals surface area contributed by atoms with Crippen LogP contribution in [0.15, 0.2) is 46.3 Å². The second kappa shape index (κ2) is 8.54. The van der Waals surface area contributed by atoms with Gasteiger partial charge in [0.05, 0.1) is 13.2 Å². The van der Waals surface area contributed by atoms with Crippen molar-refractivity contribution in [2.24, 2.45) is 0 Å². The van der Waals surface area contributed by atoms with Crippen LogP contribution in [0.2, 0.25) is 0 Å². The largest absolute Gasteiger partial charge is 0.379 e. The van der Waals surface area contributed by atoms with Crippen LogP contribution in [0.25, 0.3) is 0 Å². The summed E-state index contributed by atoms with van der Waals surface area (Å²) in [5, 5.41) is 0. The normalized spacial score (nSPS) is 18.4. The average molecular weight is 433 g/mol. The van der Waals surface area contributed by atoms with Crippen LogP contribution in [0.3, 0.4) is 0 Å². The molecular weight excluding hydrogens is 410 g/mol. The summed E-state index contributed by atoms with van der Waals surface area (Å²) in [4.78, 5) is 35.0. The Morgan fingerprint density at radius 3 is 2.40 bits per heavy atom. The number of carbonyl (C=O) groups is 1. The summed E-state index contributed by atoms with van der Waals surface area (Å²) < 4.78 is 32.0. The van der Waals surface area contributed by atoms with E-state index in [2.05, 4.69) is 9.97 Å². The topological polar surface area (TPSA) is 116 Å². The maximum absolute atomic E-state index is 12.7. The van der Waals surface area contributed by atoms with E-state index in [4.69, 9.17) is 4.74 Å². The second-order valence-electron chi connectivity index (χ2n) is 7.06. The van der Waals surface area contributed by atoms with Gasteiger partial charge < -0.3 is 19.5 Å². The Hall–Kier alpha value is -2.76. The lowest BCUT2D eigenvalue weighted by Gasteiger charge is -2.35. The van der Waals surface area contributed by atoms with Crippen LogP contribution in [0.1, 0.15) is 10.4 Å². The molecule has 1 amide bonds. The number of nitrogens with zero attached hydrogens (tertiary/aromatic N) is 4. The number of nitrogens with one attached hydrogen (secondary N) is 1. The lowest BCUT2D eigenvalue weighted by atomic mass is 10.2. The van der Waals surface area contributed by atoms with Crippen LogP contribution in [-0.2, 0) is 14.8 Å². The Morgan fingerprint density at radius 1 is 1.03 bits per heavy atom. The van der Waals surface area contributed by atoms with E-state index >= 15 is 0 Å². The lowest BCUT2D eigenvalue weighted by molar-refractivity contribution is 0.0730. The first kappa shape index (κ1) is 20.5. The van der Waals surface area contributed by atoms with Gasteiger partial charge in [0.15, 0.2) is 0 Å². The molecule has 30 heavy (non-hydrogen) atoms. The Balaban J connectivity index is 1.40. The Bertz CT molecular complexity index is 1060. The Labute approximate surface area is 174 Å². The van der Waals surface area contributed by atoms with E-state index in [9.17, 15) is 18.0 Å². The zero-order valence-corrected chi connectivity index (χ0v) is 17.2. The molecule has 2 aliphatic rings. The quantitative estimate of drug-likeness (QED) is 0.707. The fourth-order valence-electron chi connectivity index (χ4n) is 3.55. The summed E-state index contributed by atoms with van der Waals surface area (Å²) in [5.41, 5.74) is -0.273.